The number of fused-ring (bicyclic) bond motifs is 1. The number of aromatic nitrogens is 1. The molecule has 2 aromatic heterocycles. The smallest absolute Gasteiger partial charge is 0.120 e. The first-order valence-electron chi connectivity index (χ1n) is 8.65. The van der Waals surface area contributed by atoms with Gasteiger partial charge >= 0.3 is 0 Å². The lowest BCUT2D eigenvalue weighted by Crippen LogP contribution is -2.38. The van der Waals surface area contributed by atoms with Gasteiger partial charge in [-0.25, -0.2) is 4.39 Å². The van der Waals surface area contributed by atoms with Crippen molar-refractivity contribution in [2.24, 2.45) is 0 Å². The molecule has 130 valence electrons. The molecule has 0 bridgehead atoms. The van der Waals surface area contributed by atoms with Crippen molar-refractivity contribution in [3.8, 4) is 0 Å². The number of H-pyrrole nitrogens is 1. The molecule has 4 rings (SSSR count). The molecule has 1 fully saturated rings. The molecule has 3 nitrogen and oxygen atoms in total. The molecule has 5 heteroatoms. The number of hydrogen-bond donors (Lipinski definition) is 2. The van der Waals surface area contributed by atoms with E-state index >= 15 is 0 Å². The minimum atomic E-state index is -0.828. The fraction of sp³-hybridized carbons (Fsp3) is 0.350. The Bertz CT molecular complexity index is 884. The summed E-state index contributed by atoms with van der Waals surface area (Å²) in [5.41, 5.74) is 3.87. The standard InChI is InChI=1S/C20H22FN3S/c1-24-7-6-14(17(21)12-24)16-11-23-19-5-4-13(9-15(16)19)10-18(22)20-3-2-8-25-20/h2-5,8-9,11,14,17,22-23H,6-7,10,12H2,1H3. The molecule has 1 aliphatic heterocycles. The average molecular weight is 355 g/mol. The van der Waals surface area contributed by atoms with Gasteiger partial charge in [0.05, 0.1) is 5.71 Å². The summed E-state index contributed by atoms with van der Waals surface area (Å²) in [6.07, 6.45) is 2.60. The molecule has 0 spiro atoms. The maximum atomic E-state index is 14.6. The fourth-order valence-electron chi connectivity index (χ4n) is 3.75. The Morgan fingerprint density at radius 3 is 3.04 bits per heavy atom. The van der Waals surface area contributed by atoms with Gasteiger partial charge in [0.2, 0.25) is 0 Å². The van der Waals surface area contributed by atoms with Crippen LogP contribution >= 0.6 is 11.3 Å². The highest BCUT2D eigenvalue weighted by Crippen LogP contribution is 2.35. The Hall–Kier alpha value is -1.98. The quantitative estimate of drug-likeness (QED) is 0.660. The van der Waals surface area contributed by atoms with E-state index in [0.717, 1.165) is 39.9 Å². The van der Waals surface area contributed by atoms with E-state index in [2.05, 4.69) is 28.1 Å². The van der Waals surface area contributed by atoms with Crippen molar-refractivity contribution < 1.29 is 4.39 Å². The summed E-state index contributed by atoms with van der Waals surface area (Å²) in [4.78, 5) is 6.36. The molecule has 0 saturated carbocycles. The van der Waals surface area contributed by atoms with Gasteiger partial charge in [-0.15, -0.1) is 11.3 Å². The Kier molecular flexibility index (Phi) is 4.44. The zero-order valence-corrected chi connectivity index (χ0v) is 15.1. The number of nitrogens with zero attached hydrogens (tertiary/aromatic N) is 1. The number of nitrogens with one attached hydrogen (secondary N) is 2. The molecule has 0 amide bonds. The van der Waals surface area contributed by atoms with Gasteiger partial charge in [-0.2, -0.15) is 0 Å². The van der Waals surface area contributed by atoms with E-state index in [1.54, 1.807) is 11.3 Å². The Balaban J connectivity index is 1.62. The van der Waals surface area contributed by atoms with Gasteiger partial charge in [0.15, 0.2) is 0 Å². The number of likely N-dealkylation sites (tertiary alicyclic amines) is 1. The fourth-order valence-corrected chi connectivity index (χ4v) is 4.43. The topological polar surface area (TPSA) is 42.9 Å². The zero-order valence-electron chi connectivity index (χ0n) is 14.3. The molecule has 2 atom stereocenters. The summed E-state index contributed by atoms with van der Waals surface area (Å²) in [5.74, 6) is -0.0445. The molecule has 2 N–H and O–H groups in total. The van der Waals surface area contributed by atoms with Crippen LogP contribution in [0.1, 0.15) is 28.3 Å². The van der Waals surface area contributed by atoms with Crippen molar-refractivity contribution in [3.05, 3.63) is 57.9 Å². The lowest BCUT2D eigenvalue weighted by molar-refractivity contribution is 0.140. The third kappa shape index (κ3) is 3.26. The summed E-state index contributed by atoms with van der Waals surface area (Å²) in [6, 6.07) is 10.2. The third-order valence-electron chi connectivity index (χ3n) is 5.12. The molecule has 1 aromatic carbocycles. The highest BCUT2D eigenvalue weighted by atomic mass is 32.1. The van der Waals surface area contributed by atoms with Gasteiger partial charge in [0.25, 0.3) is 0 Å². The van der Waals surface area contributed by atoms with Crippen LogP contribution in [0.25, 0.3) is 10.9 Å². The Morgan fingerprint density at radius 2 is 2.28 bits per heavy atom. The first-order chi connectivity index (χ1) is 12.1. The second-order valence-corrected chi connectivity index (χ2v) is 7.88. The number of benzene rings is 1. The lowest BCUT2D eigenvalue weighted by atomic mass is 9.87. The maximum Gasteiger partial charge on any atom is 0.120 e. The van der Waals surface area contributed by atoms with Gasteiger partial charge in [-0.05, 0) is 54.7 Å². The Morgan fingerprint density at radius 1 is 1.40 bits per heavy atom. The highest BCUT2D eigenvalue weighted by molar-refractivity contribution is 7.12. The summed E-state index contributed by atoms with van der Waals surface area (Å²) in [5, 5.41) is 11.4. The van der Waals surface area contributed by atoms with E-state index in [1.807, 2.05) is 30.8 Å². The normalized spacial score (nSPS) is 21.7. The van der Waals surface area contributed by atoms with Crippen LogP contribution in [-0.2, 0) is 6.42 Å². The van der Waals surface area contributed by atoms with E-state index < -0.39 is 6.17 Å². The van der Waals surface area contributed by atoms with Crippen molar-refractivity contribution in [2.75, 3.05) is 20.1 Å². The van der Waals surface area contributed by atoms with Crippen LogP contribution in [0.5, 0.6) is 0 Å². The molecule has 0 aliphatic carbocycles. The monoisotopic (exact) mass is 355 g/mol. The maximum absolute atomic E-state index is 14.6. The molecular formula is C20H22FN3S. The van der Waals surface area contributed by atoms with Crippen molar-refractivity contribution in [2.45, 2.75) is 24.9 Å². The predicted molar refractivity (Wildman–Crippen MR) is 103 cm³/mol. The Labute approximate surface area is 151 Å². The van der Waals surface area contributed by atoms with Crippen LogP contribution < -0.4 is 0 Å². The molecule has 25 heavy (non-hydrogen) atoms. The van der Waals surface area contributed by atoms with Crippen molar-refractivity contribution in [3.63, 3.8) is 0 Å². The SMILES string of the molecule is CN1CCC(c2c[nH]c3ccc(CC(=N)c4cccs4)cc23)C(F)C1. The van der Waals surface area contributed by atoms with E-state index in [9.17, 15) is 4.39 Å². The molecule has 1 saturated heterocycles. The van der Waals surface area contributed by atoms with Gasteiger partial charge in [-0.3, -0.25) is 0 Å². The number of piperidine rings is 1. The van der Waals surface area contributed by atoms with Crippen LogP contribution in [0.15, 0.2) is 41.9 Å². The van der Waals surface area contributed by atoms with E-state index in [-0.39, 0.29) is 5.92 Å². The number of rotatable bonds is 4. The van der Waals surface area contributed by atoms with E-state index in [4.69, 9.17) is 5.41 Å². The largest absolute Gasteiger partial charge is 0.361 e. The lowest BCUT2D eigenvalue weighted by Gasteiger charge is -2.32. The van der Waals surface area contributed by atoms with Crippen LogP contribution in [0, 0.1) is 5.41 Å². The van der Waals surface area contributed by atoms with E-state index in [1.165, 1.54) is 0 Å². The van der Waals surface area contributed by atoms with Crippen molar-refractivity contribution in [1.82, 2.24) is 9.88 Å². The molecule has 3 heterocycles. The number of aromatic amines is 1. The first kappa shape index (κ1) is 16.5. The predicted octanol–water partition coefficient (Wildman–Crippen LogP) is 4.60. The molecule has 1 aliphatic rings. The molecule has 3 aromatic rings. The minimum Gasteiger partial charge on any atom is -0.361 e. The van der Waals surface area contributed by atoms with Crippen LogP contribution in [-0.4, -0.2) is 41.9 Å². The second kappa shape index (κ2) is 6.73. The minimum absolute atomic E-state index is 0.0445. The molecule has 0 radical (unpaired) electrons. The number of alkyl halides is 1. The number of thiophene rings is 1. The zero-order chi connectivity index (χ0) is 17.4. The summed E-state index contributed by atoms with van der Waals surface area (Å²) in [6.45, 7) is 1.43. The summed E-state index contributed by atoms with van der Waals surface area (Å²) in [7, 11) is 1.98. The molecular weight excluding hydrogens is 333 g/mol. The average Bonchev–Trinajstić information content (AvgIpc) is 3.24. The van der Waals surface area contributed by atoms with Crippen molar-refractivity contribution in [1.29, 1.82) is 5.41 Å². The van der Waals surface area contributed by atoms with Crippen molar-refractivity contribution >= 4 is 28.0 Å². The van der Waals surface area contributed by atoms with Gasteiger partial charge in [-0.1, -0.05) is 12.1 Å². The summed E-state index contributed by atoms with van der Waals surface area (Å²) >= 11 is 1.60. The third-order valence-corrected chi connectivity index (χ3v) is 6.05. The molecule has 2 unspecified atom stereocenters. The second-order valence-electron chi connectivity index (χ2n) is 6.93. The van der Waals surface area contributed by atoms with E-state index in [0.29, 0.717) is 18.7 Å². The first-order valence-corrected chi connectivity index (χ1v) is 9.53. The van der Waals surface area contributed by atoms with Crippen LogP contribution in [0.3, 0.4) is 0 Å². The summed E-state index contributed by atoms with van der Waals surface area (Å²) < 4.78 is 14.6. The number of hydrogen-bond acceptors (Lipinski definition) is 3. The van der Waals surface area contributed by atoms with Gasteiger partial charge in [0, 0.05) is 40.9 Å². The highest BCUT2D eigenvalue weighted by Gasteiger charge is 2.30. The van der Waals surface area contributed by atoms with Crippen LogP contribution in [0.4, 0.5) is 4.39 Å². The number of halogens is 1. The van der Waals surface area contributed by atoms with Gasteiger partial charge < -0.3 is 15.3 Å². The van der Waals surface area contributed by atoms with Crippen LogP contribution in [0.2, 0.25) is 0 Å². The van der Waals surface area contributed by atoms with Gasteiger partial charge in [0.1, 0.15) is 6.17 Å².